The van der Waals surface area contributed by atoms with E-state index >= 15 is 0 Å². The van der Waals surface area contributed by atoms with Crippen molar-refractivity contribution in [2.75, 3.05) is 39.5 Å². The van der Waals surface area contributed by atoms with Gasteiger partial charge in [-0.05, 0) is 12.8 Å². The molecule has 0 saturated carbocycles. The second-order valence-electron chi connectivity index (χ2n) is 4.46. The summed E-state index contributed by atoms with van der Waals surface area (Å²) in [5.41, 5.74) is 5.96. The molecule has 2 heterocycles. The molecule has 0 amide bonds. The van der Waals surface area contributed by atoms with E-state index in [1.54, 1.807) is 0 Å². The molecule has 3 N–H and O–H groups in total. The predicted molar refractivity (Wildman–Crippen MR) is 54.2 cm³/mol. The Labute approximate surface area is 85.1 Å². The van der Waals surface area contributed by atoms with Crippen molar-refractivity contribution in [3.63, 3.8) is 0 Å². The third kappa shape index (κ3) is 2.25. The van der Waals surface area contributed by atoms with Gasteiger partial charge >= 0.3 is 0 Å². The first-order valence-corrected chi connectivity index (χ1v) is 5.44. The normalized spacial score (nSPS) is 27.2. The van der Waals surface area contributed by atoms with Crippen molar-refractivity contribution >= 4 is 0 Å². The molecule has 2 aliphatic heterocycles. The molecular weight excluding hydrogens is 180 g/mol. The number of nitrogens with two attached hydrogens (primary N) is 1. The Balaban J connectivity index is 1.69. The summed E-state index contributed by atoms with van der Waals surface area (Å²) in [6.45, 7) is 5.14. The van der Waals surface area contributed by atoms with Gasteiger partial charge in [-0.3, -0.25) is 0 Å². The Kier molecular flexibility index (Phi) is 3.38. The molecule has 14 heavy (non-hydrogen) atoms. The summed E-state index contributed by atoms with van der Waals surface area (Å²) in [6.07, 6.45) is 2.25. The maximum atomic E-state index is 5.74. The van der Waals surface area contributed by atoms with Crippen LogP contribution in [0, 0.1) is 5.41 Å². The van der Waals surface area contributed by atoms with E-state index in [1.165, 1.54) is 0 Å². The fourth-order valence-electron chi connectivity index (χ4n) is 1.95. The number of rotatable bonds is 4. The van der Waals surface area contributed by atoms with Gasteiger partial charge in [-0.25, -0.2) is 0 Å². The van der Waals surface area contributed by atoms with Crippen LogP contribution >= 0.6 is 0 Å². The highest BCUT2D eigenvalue weighted by molar-refractivity contribution is 4.89. The Morgan fingerprint density at radius 3 is 2.43 bits per heavy atom. The zero-order chi connectivity index (χ0) is 9.86. The summed E-state index contributed by atoms with van der Waals surface area (Å²) in [7, 11) is 0. The van der Waals surface area contributed by atoms with Gasteiger partial charge in [-0.2, -0.15) is 0 Å². The maximum absolute atomic E-state index is 5.74. The van der Waals surface area contributed by atoms with Crippen LogP contribution in [0.15, 0.2) is 0 Å². The van der Waals surface area contributed by atoms with Crippen molar-refractivity contribution in [2.24, 2.45) is 11.1 Å². The third-order valence-electron chi connectivity index (χ3n) is 3.24. The predicted octanol–water partition coefficient (Wildman–Crippen LogP) is -0.270. The van der Waals surface area contributed by atoms with Crippen molar-refractivity contribution in [1.82, 2.24) is 5.32 Å². The van der Waals surface area contributed by atoms with Crippen LogP contribution in [0.2, 0.25) is 0 Å². The zero-order valence-electron chi connectivity index (χ0n) is 8.63. The quantitative estimate of drug-likeness (QED) is 0.656. The van der Waals surface area contributed by atoms with Gasteiger partial charge in [0.15, 0.2) is 0 Å². The Bertz CT molecular complexity index is 171. The van der Waals surface area contributed by atoms with Gasteiger partial charge in [0.05, 0.1) is 13.2 Å². The molecule has 0 aliphatic carbocycles. The number of hydrogen-bond acceptors (Lipinski definition) is 4. The molecule has 0 aromatic carbocycles. The van der Waals surface area contributed by atoms with Crippen LogP contribution in [0.25, 0.3) is 0 Å². The maximum Gasteiger partial charge on any atom is 0.0569 e. The zero-order valence-corrected chi connectivity index (χ0v) is 8.63. The van der Waals surface area contributed by atoms with Crippen molar-refractivity contribution in [3.05, 3.63) is 0 Å². The molecule has 0 aromatic rings. The van der Waals surface area contributed by atoms with E-state index in [9.17, 15) is 0 Å². The summed E-state index contributed by atoms with van der Waals surface area (Å²) in [5.74, 6) is 0. The molecule has 2 aliphatic rings. The average molecular weight is 200 g/mol. The summed E-state index contributed by atoms with van der Waals surface area (Å²) in [4.78, 5) is 0. The molecule has 0 spiro atoms. The lowest BCUT2D eigenvalue weighted by molar-refractivity contribution is -0.106. The van der Waals surface area contributed by atoms with Gasteiger partial charge in [-0.15, -0.1) is 0 Å². The monoisotopic (exact) mass is 200 g/mol. The summed E-state index contributed by atoms with van der Waals surface area (Å²) in [5, 5.41) is 3.58. The lowest BCUT2D eigenvalue weighted by Gasteiger charge is -2.41. The summed E-state index contributed by atoms with van der Waals surface area (Å²) in [6, 6.07) is 0.618. The van der Waals surface area contributed by atoms with E-state index in [0.717, 1.165) is 52.4 Å². The smallest absolute Gasteiger partial charge is 0.0569 e. The van der Waals surface area contributed by atoms with E-state index in [1.807, 2.05) is 0 Å². The van der Waals surface area contributed by atoms with Crippen molar-refractivity contribution in [3.8, 4) is 0 Å². The molecule has 4 heteroatoms. The van der Waals surface area contributed by atoms with Gasteiger partial charge in [0.25, 0.3) is 0 Å². The highest BCUT2D eigenvalue weighted by Gasteiger charge is 2.37. The first-order chi connectivity index (χ1) is 6.85. The number of nitrogens with one attached hydrogen (secondary N) is 1. The molecule has 0 radical (unpaired) electrons. The summed E-state index contributed by atoms with van der Waals surface area (Å²) >= 11 is 0. The molecule has 2 saturated heterocycles. The second-order valence-corrected chi connectivity index (χ2v) is 4.46. The van der Waals surface area contributed by atoms with Crippen molar-refractivity contribution in [1.29, 1.82) is 0 Å². The van der Waals surface area contributed by atoms with Crippen LogP contribution in [0.5, 0.6) is 0 Å². The van der Waals surface area contributed by atoms with Crippen molar-refractivity contribution in [2.45, 2.75) is 18.9 Å². The first kappa shape index (κ1) is 10.4. The fraction of sp³-hybridized carbons (Fsp3) is 1.00. The minimum Gasteiger partial charge on any atom is -0.381 e. The van der Waals surface area contributed by atoms with Crippen LogP contribution in [0.1, 0.15) is 12.8 Å². The van der Waals surface area contributed by atoms with E-state index < -0.39 is 0 Å². The van der Waals surface area contributed by atoms with E-state index in [-0.39, 0.29) is 5.41 Å². The van der Waals surface area contributed by atoms with Gasteiger partial charge in [-0.1, -0.05) is 0 Å². The molecule has 82 valence electrons. The molecule has 0 unspecified atom stereocenters. The van der Waals surface area contributed by atoms with Gasteiger partial charge < -0.3 is 20.5 Å². The lowest BCUT2D eigenvalue weighted by Crippen LogP contribution is -2.56. The van der Waals surface area contributed by atoms with Gasteiger partial charge in [0.2, 0.25) is 0 Å². The molecule has 2 rings (SSSR count). The molecule has 0 atom stereocenters. The standard InChI is InChI=1S/C10H20N2O2/c11-5-10(7-14-8-10)6-12-9-1-3-13-4-2-9/h9,12H,1-8,11H2. The Morgan fingerprint density at radius 2 is 1.93 bits per heavy atom. The average Bonchev–Trinajstić information content (AvgIpc) is 2.19. The summed E-state index contributed by atoms with van der Waals surface area (Å²) < 4.78 is 10.5. The fourth-order valence-corrected chi connectivity index (χ4v) is 1.95. The third-order valence-corrected chi connectivity index (χ3v) is 3.24. The van der Waals surface area contributed by atoms with E-state index in [2.05, 4.69) is 5.32 Å². The topological polar surface area (TPSA) is 56.5 Å². The number of hydrogen-bond donors (Lipinski definition) is 2. The van der Waals surface area contributed by atoms with Crippen LogP contribution in [0.3, 0.4) is 0 Å². The lowest BCUT2D eigenvalue weighted by atomic mass is 9.85. The minimum atomic E-state index is 0.221. The molecule has 0 bridgehead atoms. The largest absolute Gasteiger partial charge is 0.381 e. The van der Waals surface area contributed by atoms with E-state index in [4.69, 9.17) is 15.2 Å². The van der Waals surface area contributed by atoms with Crippen LogP contribution in [-0.4, -0.2) is 45.6 Å². The highest BCUT2D eigenvalue weighted by atomic mass is 16.5. The van der Waals surface area contributed by atoms with Gasteiger partial charge in [0, 0.05) is 37.8 Å². The van der Waals surface area contributed by atoms with E-state index in [0.29, 0.717) is 6.04 Å². The molecule has 0 aromatic heterocycles. The van der Waals surface area contributed by atoms with Crippen molar-refractivity contribution < 1.29 is 9.47 Å². The van der Waals surface area contributed by atoms with Crippen LogP contribution in [0.4, 0.5) is 0 Å². The molecular formula is C10H20N2O2. The first-order valence-electron chi connectivity index (χ1n) is 5.44. The highest BCUT2D eigenvalue weighted by Crippen LogP contribution is 2.25. The Hall–Kier alpha value is -0.160. The molecule has 2 fully saturated rings. The second kappa shape index (κ2) is 4.57. The van der Waals surface area contributed by atoms with Crippen LogP contribution < -0.4 is 11.1 Å². The SMILES string of the molecule is NCC1(CNC2CCOCC2)COC1. The number of ether oxygens (including phenoxy) is 2. The Morgan fingerprint density at radius 1 is 1.21 bits per heavy atom. The van der Waals surface area contributed by atoms with Gasteiger partial charge in [0.1, 0.15) is 0 Å². The molecule has 4 nitrogen and oxygen atoms in total. The van der Waals surface area contributed by atoms with Crippen LogP contribution in [-0.2, 0) is 9.47 Å². The minimum absolute atomic E-state index is 0.221.